The quantitative estimate of drug-likeness (QED) is 0.786. The normalized spacial score (nSPS) is 9.64. The van der Waals surface area contributed by atoms with E-state index in [1.165, 1.54) is 7.05 Å². The van der Waals surface area contributed by atoms with Crippen molar-refractivity contribution >= 4 is 11.8 Å². The first-order chi connectivity index (χ1) is 6.56. The largest absolute Gasteiger partial charge is 0.497 e. The summed E-state index contributed by atoms with van der Waals surface area (Å²) in [7, 11) is 3.05. The SMILES string of the molecule is COc1ccc(C)c(N(C)C(=O)O)c1. The van der Waals surface area contributed by atoms with Gasteiger partial charge in [0.05, 0.1) is 12.8 Å². The molecule has 0 radical (unpaired) electrons. The van der Waals surface area contributed by atoms with E-state index in [1.54, 1.807) is 19.2 Å². The van der Waals surface area contributed by atoms with E-state index in [4.69, 9.17) is 9.84 Å². The number of amides is 1. The fourth-order valence-corrected chi connectivity index (χ4v) is 1.18. The summed E-state index contributed by atoms with van der Waals surface area (Å²) in [4.78, 5) is 11.9. The number of hydrogen-bond acceptors (Lipinski definition) is 2. The molecule has 76 valence electrons. The lowest BCUT2D eigenvalue weighted by Gasteiger charge is -2.16. The third-order valence-corrected chi connectivity index (χ3v) is 2.06. The van der Waals surface area contributed by atoms with E-state index in [0.717, 1.165) is 10.5 Å². The van der Waals surface area contributed by atoms with E-state index in [2.05, 4.69) is 0 Å². The minimum Gasteiger partial charge on any atom is -0.497 e. The molecule has 0 unspecified atom stereocenters. The predicted molar refractivity (Wildman–Crippen MR) is 54.2 cm³/mol. The summed E-state index contributed by atoms with van der Waals surface area (Å²) < 4.78 is 5.02. The summed E-state index contributed by atoms with van der Waals surface area (Å²) in [5, 5.41) is 8.81. The Morgan fingerprint density at radius 3 is 2.64 bits per heavy atom. The molecule has 0 aliphatic rings. The molecule has 14 heavy (non-hydrogen) atoms. The van der Waals surface area contributed by atoms with Gasteiger partial charge in [0, 0.05) is 13.1 Å². The van der Waals surface area contributed by atoms with Crippen molar-refractivity contribution in [1.82, 2.24) is 0 Å². The smallest absolute Gasteiger partial charge is 0.411 e. The Hall–Kier alpha value is -1.71. The van der Waals surface area contributed by atoms with E-state index in [1.807, 2.05) is 13.0 Å². The standard InChI is InChI=1S/C10H13NO3/c1-7-4-5-8(14-3)6-9(7)11(2)10(12)13/h4-6H,1-3H3,(H,12,13). The van der Waals surface area contributed by atoms with Gasteiger partial charge in [0.1, 0.15) is 5.75 Å². The summed E-state index contributed by atoms with van der Waals surface area (Å²) in [6.07, 6.45) is -0.985. The molecule has 0 spiro atoms. The molecule has 0 aromatic heterocycles. The van der Waals surface area contributed by atoms with Crippen LogP contribution in [0.3, 0.4) is 0 Å². The van der Waals surface area contributed by atoms with Crippen LogP contribution in [0.1, 0.15) is 5.56 Å². The summed E-state index contributed by atoms with van der Waals surface area (Å²) in [6.45, 7) is 1.86. The molecule has 0 aliphatic heterocycles. The first-order valence-corrected chi connectivity index (χ1v) is 4.17. The molecule has 4 heteroatoms. The van der Waals surface area contributed by atoms with Gasteiger partial charge >= 0.3 is 6.09 Å². The Balaban J connectivity index is 3.11. The second-order valence-electron chi connectivity index (χ2n) is 2.99. The fraction of sp³-hybridized carbons (Fsp3) is 0.300. The maximum atomic E-state index is 10.7. The summed E-state index contributed by atoms with van der Waals surface area (Å²) >= 11 is 0. The van der Waals surface area contributed by atoms with Gasteiger partial charge < -0.3 is 9.84 Å². The van der Waals surface area contributed by atoms with Gasteiger partial charge in [0.15, 0.2) is 0 Å². The van der Waals surface area contributed by atoms with Crippen LogP contribution in [0.25, 0.3) is 0 Å². The molecule has 0 aliphatic carbocycles. The number of hydrogen-bond donors (Lipinski definition) is 1. The second-order valence-corrected chi connectivity index (χ2v) is 2.99. The topological polar surface area (TPSA) is 49.8 Å². The second kappa shape index (κ2) is 4.00. The van der Waals surface area contributed by atoms with Gasteiger partial charge in [-0.3, -0.25) is 4.90 Å². The molecule has 0 saturated carbocycles. The zero-order valence-electron chi connectivity index (χ0n) is 8.44. The number of methoxy groups -OCH3 is 1. The molecular weight excluding hydrogens is 182 g/mol. The number of carbonyl (C=O) groups is 1. The molecule has 1 amide bonds. The molecule has 1 rings (SSSR count). The summed E-state index contributed by atoms with van der Waals surface area (Å²) in [6, 6.07) is 5.32. The Morgan fingerprint density at radius 2 is 2.14 bits per heavy atom. The van der Waals surface area contributed by atoms with Gasteiger partial charge in [-0.15, -0.1) is 0 Å². The molecule has 1 N–H and O–H groups in total. The molecule has 0 heterocycles. The number of anilines is 1. The number of nitrogens with zero attached hydrogens (tertiary/aromatic N) is 1. The highest BCUT2D eigenvalue weighted by molar-refractivity contribution is 5.86. The summed E-state index contributed by atoms with van der Waals surface area (Å²) in [5.41, 5.74) is 1.53. The van der Waals surface area contributed by atoms with Crippen molar-refractivity contribution in [3.8, 4) is 5.75 Å². The lowest BCUT2D eigenvalue weighted by atomic mass is 10.2. The number of rotatable bonds is 2. The Labute approximate surface area is 82.7 Å². The first kappa shape index (κ1) is 10.4. The van der Waals surface area contributed by atoms with Gasteiger partial charge in [-0.2, -0.15) is 0 Å². The minimum atomic E-state index is -0.985. The third-order valence-electron chi connectivity index (χ3n) is 2.06. The van der Waals surface area contributed by atoms with Gasteiger partial charge in [0.25, 0.3) is 0 Å². The Kier molecular flexibility index (Phi) is 2.96. The van der Waals surface area contributed by atoms with Crippen molar-refractivity contribution in [2.75, 3.05) is 19.1 Å². The van der Waals surface area contributed by atoms with Crippen molar-refractivity contribution in [3.63, 3.8) is 0 Å². The molecule has 0 fully saturated rings. The Morgan fingerprint density at radius 1 is 1.50 bits per heavy atom. The van der Waals surface area contributed by atoms with Gasteiger partial charge in [0.2, 0.25) is 0 Å². The number of carboxylic acid groups (broad SMARTS) is 1. The van der Waals surface area contributed by atoms with Crippen LogP contribution in [0.2, 0.25) is 0 Å². The number of benzene rings is 1. The van der Waals surface area contributed by atoms with E-state index < -0.39 is 6.09 Å². The van der Waals surface area contributed by atoms with Crippen molar-refractivity contribution in [1.29, 1.82) is 0 Å². The molecule has 0 atom stereocenters. The minimum absolute atomic E-state index is 0.636. The zero-order chi connectivity index (χ0) is 10.7. The van der Waals surface area contributed by atoms with Crippen LogP contribution in [0, 0.1) is 6.92 Å². The molecule has 0 bridgehead atoms. The Bertz CT molecular complexity index is 349. The highest BCUT2D eigenvalue weighted by Gasteiger charge is 2.11. The van der Waals surface area contributed by atoms with E-state index in [-0.39, 0.29) is 0 Å². The third kappa shape index (κ3) is 1.96. The molecule has 0 saturated heterocycles. The van der Waals surface area contributed by atoms with Crippen LogP contribution in [0.5, 0.6) is 5.75 Å². The predicted octanol–water partition coefficient (Wildman–Crippen LogP) is 2.12. The van der Waals surface area contributed by atoms with Crippen LogP contribution in [0.15, 0.2) is 18.2 Å². The lowest BCUT2D eigenvalue weighted by molar-refractivity contribution is 0.203. The average molecular weight is 195 g/mol. The average Bonchev–Trinajstić information content (AvgIpc) is 2.17. The monoisotopic (exact) mass is 195 g/mol. The van der Waals surface area contributed by atoms with E-state index in [0.29, 0.717) is 11.4 Å². The highest BCUT2D eigenvalue weighted by atomic mass is 16.5. The zero-order valence-corrected chi connectivity index (χ0v) is 8.44. The molecule has 4 nitrogen and oxygen atoms in total. The van der Waals surface area contributed by atoms with Crippen LogP contribution in [0.4, 0.5) is 10.5 Å². The first-order valence-electron chi connectivity index (χ1n) is 4.17. The fourth-order valence-electron chi connectivity index (χ4n) is 1.18. The van der Waals surface area contributed by atoms with Gasteiger partial charge in [-0.1, -0.05) is 6.07 Å². The van der Waals surface area contributed by atoms with Gasteiger partial charge in [-0.25, -0.2) is 4.79 Å². The van der Waals surface area contributed by atoms with Gasteiger partial charge in [-0.05, 0) is 18.6 Å². The maximum absolute atomic E-state index is 10.7. The van der Waals surface area contributed by atoms with Crippen LogP contribution in [-0.4, -0.2) is 25.4 Å². The number of aryl methyl sites for hydroxylation is 1. The number of ether oxygens (including phenoxy) is 1. The van der Waals surface area contributed by atoms with E-state index in [9.17, 15) is 4.79 Å². The molecule has 1 aromatic rings. The molecule has 1 aromatic carbocycles. The van der Waals surface area contributed by atoms with Crippen molar-refractivity contribution < 1.29 is 14.6 Å². The lowest BCUT2D eigenvalue weighted by Crippen LogP contribution is -2.24. The van der Waals surface area contributed by atoms with Crippen LogP contribution in [-0.2, 0) is 0 Å². The van der Waals surface area contributed by atoms with Crippen LogP contribution >= 0.6 is 0 Å². The molecular formula is C10H13NO3. The van der Waals surface area contributed by atoms with Crippen molar-refractivity contribution in [2.24, 2.45) is 0 Å². The maximum Gasteiger partial charge on any atom is 0.411 e. The van der Waals surface area contributed by atoms with Crippen molar-refractivity contribution in [2.45, 2.75) is 6.92 Å². The summed E-state index contributed by atoms with van der Waals surface area (Å²) in [5.74, 6) is 0.652. The van der Waals surface area contributed by atoms with E-state index >= 15 is 0 Å². The van der Waals surface area contributed by atoms with Crippen molar-refractivity contribution in [3.05, 3.63) is 23.8 Å². The highest BCUT2D eigenvalue weighted by Crippen LogP contribution is 2.24. The van der Waals surface area contributed by atoms with Crippen LogP contribution < -0.4 is 9.64 Å².